The third-order valence-corrected chi connectivity index (χ3v) is 3.99. The zero-order valence-corrected chi connectivity index (χ0v) is 12.6. The van der Waals surface area contributed by atoms with Crippen molar-refractivity contribution >= 4 is 0 Å². The molecule has 0 radical (unpaired) electrons. The molecule has 3 rings (SSSR count). The van der Waals surface area contributed by atoms with Gasteiger partial charge in [0.25, 0.3) is 0 Å². The highest BCUT2D eigenvalue weighted by molar-refractivity contribution is 5.38. The van der Waals surface area contributed by atoms with E-state index >= 15 is 0 Å². The summed E-state index contributed by atoms with van der Waals surface area (Å²) in [5.74, 6) is 1.55. The normalized spacial score (nSPS) is 18.4. The Kier molecular flexibility index (Phi) is 3.98. The smallest absolute Gasteiger partial charge is 0.133 e. The van der Waals surface area contributed by atoms with E-state index in [1.54, 1.807) is 0 Å². The van der Waals surface area contributed by atoms with E-state index in [2.05, 4.69) is 32.0 Å². The standard InChI is InChI=1S/C19H22O2/c1-13(2)11-14-7-9-15(10-8-14)19(20)18-12-16-5-3-4-6-17(16)21-18/h3-10,13,18-20H,11-12H2,1-2H3. The third-order valence-electron chi connectivity index (χ3n) is 3.99. The first kappa shape index (κ1) is 14.2. The second-order valence-corrected chi connectivity index (χ2v) is 6.25. The molecule has 1 N–H and O–H groups in total. The molecular weight excluding hydrogens is 260 g/mol. The molecule has 1 heterocycles. The average Bonchev–Trinajstić information content (AvgIpc) is 2.90. The van der Waals surface area contributed by atoms with Crippen molar-refractivity contribution in [1.29, 1.82) is 0 Å². The summed E-state index contributed by atoms with van der Waals surface area (Å²) in [5.41, 5.74) is 3.43. The average molecular weight is 282 g/mol. The van der Waals surface area contributed by atoms with Crippen molar-refractivity contribution < 1.29 is 9.84 Å². The van der Waals surface area contributed by atoms with Crippen LogP contribution in [0, 0.1) is 5.92 Å². The fourth-order valence-electron chi connectivity index (χ4n) is 2.92. The van der Waals surface area contributed by atoms with Gasteiger partial charge in [-0.1, -0.05) is 56.3 Å². The van der Waals surface area contributed by atoms with Crippen molar-refractivity contribution in [1.82, 2.24) is 0 Å². The van der Waals surface area contributed by atoms with E-state index in [0.717, 1.165) is 24.2 Å². The Balaban J connectivity index is 1.70. The van der Waals surface area contributed by atoms with Crippen LogP contribution in [0.4, 0.5) is 0 Å². The van der Waals surface area contributed by atoms with Crippen LogP contribution in [-0.4, -0.2) is 11.2 Å². The second kappa shape index (κ2) is 5.90. The second-order valence-electron chi connectivity index (χ2n) is 6.25. The van der Waals surface area contributed by atoms with Gasteiger partial charge in [0.15, 0.2) is 0 Å². The van der Waals surface area contributed by atoms with Gasteiger partial charge in [0.1, 0.15) is 18.0 Å². The van der Waals surface area contributed by atoms with E-state index in [4.69, 9.17) is 4.74 Å². The number of fused-ring (bicyclic) bond motifs is 1. The SMILES string of the molecule is CC(C)Cc1ccc(C(O)C2Cc3ccccc3O2)cc1. The Morgan fingerprint density at radius 2 is 1.81 bits per heavy atom. The van der Waals surface area contributed by atoms with Crippen LogP contribution in [0.1, 0.15) is 36.6 Å². The predicted octanol–water partition coefficient (Wildman–Crippen LogP) is 3.92. The van der Waals surface area contributed by atoms with Gasteiger partial charge in [-0.25, -0.2) is 0 Å². The van der Waals surface area contributed by atoms with Gasteiger partial charge in [-0.3, -0.25) is 0 Å². The van der Waals surface area contributed by atoms with Crippen LogP contribution in [0.3, 0.4) is 0 Å². The molecule has 1 aliphatic heterocycles. The first-order valence-corrected chi connectivity index (χ1v) is 7.65. The van der Waals surface area contributed by atoms with Gasteiger partial charge >= 0.3 is 0 Å². The topological polar surface area (TPSA) is 29.5 Å². The van der Waals surface area contributed by atoms with Gasteiger partial charge in [0.2, 0.25) is 0 Å². The van der Waals surface area contributed by atoms with Gasteiger partial charge in [0.05, 0.1) is 0 Å². The maximum Gasteiger partial charge on any atom is 0.133 e. The van der Waals surface area contributed by atoms with Crippen molar-refractivity contribution in [2.24, 2.45) is 5.92 Å². The van der Waals surface area contributed by atoms with Crippen molar-refractivity contribution in [3.63, 3.8) is 0 Å². The lowest BCUT2D eigenvalue weighted by Crippen LogP contribution is -2.23. The lowest BCUT2D eigenvalue weighted by molar-refractivity contribution is 0.0492. The molecule has 2 atom stereocenters. The van der Waals surface area contributed by atoms with Crippen LogP contribution < -0.4 is 4.74 Å². The molecule has 2 aromatic carbocycles. The summed E-state index contributed by atoms with van der Waals surface area (Å²) >= 11 is 0. The fraction of sp³-hybridized carbons (Fsp3) is 0.368. The summed E-state index contributed by atoms with van der Waals surface area (Å²) in [7, 11) is 0. The van der Waals surface area contributed by atoms with Crippen LogP contribution >= 0.6 is 0 Å². The van der Waals surface area contributed by atoms with Crippen molar-refractivity contribution in [3.8, 4) is 5.75 Å². The summed E-state index contributed by atoms with van der Waals surface area (Å²) in [6, 6.07) is 16.3. The lowest BCUT2D eigenvalue weighted by Gasteiger charge is -2.19. The molecular formula is C19H22O2. The minimum absolute atomic E-state index is 0.182. The summed E-state index contributed by atoms with van der Waals surface area (Å²) < 4.78 is 5.87. The van der Waals surface area contributed by atoms with Gasteiger partial charge in [-0.15, -0.1) is 0 Å². The Labute approximate surface area is 126 Å². The van der Waals surface area contributed by atoms with Crippen LogP contribution in [-0.2, 0) is 12.8 Å². The van der Waals surface area contributed by atoms with E-state index < -0.39 is 6.10 Å². The summed E-state index contributed by atoms with van der Waals surface area (Å²) in [4.78, 5) is 0. The van der Waals surface area contributed by atoms with Crippen LogP contribution in [0.2, 0.25) is 0 Å². The number of ether oxygens (including phenoxy) is 1. The Morgan fingerprint density at radius 3 is 2.48 bits per heavy atom. The summed E-state index contributed by atoms with van der Waals surface area (Å²) in [6.45, 7) is 4.43. The highest BCUT2D eigenvalue weighted by atomic mass is 16.5. The number of benzene rings is 2. The lowest BCUT2D eigenvalue weighted by atomic mass is 9.97. The van der Waals surface area contributed by atoms with Crippen LogP contribution in [0.5, 0.6) is 5.75 Å². The van der Waals surface area contributed by atoms with E-state index in [9.17, 15) is 5.11 Å². The minimum Gasteiger partial charge on any atom is -0.487 e. The fourth-order valence-corrected chi connectivity index (χ4v) is 2.92. The number of hydrogen-bond donors (Lipinski definition) is 1. The molecule has 110 valence electrons. The van der Waals surface area contributed by atoms with Crippen LogP contribution in [0.15, 0.2) is 48.5 Å². The minimum atomic E-state index is -0.578. The van der Waals surface area contributed by atoms with Crippen molar-refractivity contribution in [2.45, 2.75) is 38.9 Å². The molecule has 0 saturated heterocycles. The molecule has 0 fully saturated rings. The molecule has 1 aliphatic rings. The number of rotatable bonds is 4. The van der Waals surface area contributed by atoms with Crippen molar-refractivity contribution in [3.05, 3.63) is 65.2 Å². The molecule has 2 heteroatoms. The molecule has 0 spiro atoms. The molecule has 2 aromatic rings. The number of hydrogen-bond acceptors (Lipinski definition) is 2. The molecule has 21 heavy (non-hydrogen) atoms. The van der Waals surface area contributed by atoms with E-state index in [1.165, 1.54) is 11.1 Å². The monoisotopic (exact) mass is 282 g/mol. The predicted molar refractivity (Wildman–Crippen MR) is 84.5 cm³/mol. The molecule has 0 aliphatic carbocycles. The molecule has 0 amide bonds. The van der Waals surface area contributed by atoms with Gasteiger partial charge in [-0.05, 0) is 35.1 Å². The number of para-hydroxylation sites is 1. The molecule has 0 bridgehead atoms. The van der Waals surface area contributed by atoms with E-state index in [0.29, 0.717) is 5.92 Å². The summed E-state index contributed by atoms with van der Waals surface area (Å²) in [6.07, 6.45) is 1.08. The highest BCUT2D eigenvalue weighted by Crippen LogP contribution is 2.34. The first-order chi connectivity index (χ1) is 10.1. The number of aliphatic hydroxyl groups is 1. The number of aliphatic hydroxyl groups excluding tert-OH is 1. The van der Waals surface area contributed by atoms with Gasteiger partial charge in [-0.2, -0.15) is 0 Å². The molecule has 2 nitrogen and oxygen atoms in total. The largest absolute Gasteiger partial charge is 0.487 e. The third kappa shape index (κ3) is 3.11. The Bertz CT molecular complexity index is 576. The van der Waals surface area contributed by atoms with Crippen LogP contribution in [0.25, 0.3) is 0 Å². The Hall–Kier alpha value is -1.80. The van der Waals surface area contributed by atoms with Crippen molar-refractivity contribution in [2.75, 3.05) is 0 Å². The molecule has 0 saturated carbocycles. The van der Waals surface area contributed by atoms with Gasteiger partial charge in [0, 0.05) is 6.42 Å². The summed E-state index contributed by atoms with van der Waals surface area (Å²) in [5, 5.41) is 10.5. The zero-order valence-electron chi connectivity index (χ0n) is 12.6. The van der Waals surface area contributed by atoms with E-state index in [1.807, 2.05) is 30.3 Å². The first-order valence-electron chi connectivity index (χ1n) is 7.65. The zero-order chi connectivity index (χ0) is 14.8. The molecule has 2 unspecified atom stereocenters. The van der Waals surface area contributed by atoms with E-state index in [-0.39, 0.29) is 6.10 Å². The maximum absolute atomic E-state index is 10.5. The molecule has 0 aromatic heterocycles. The quantitative estimate of drug-likeness (QED) is 0.921. The maximum atomic E-state index is 10.5. The Morgan fingerprint density at radius 1 is 1.10 bits per heavy atom. The van der Waals surface area contributed by atoms with Gasteiger partial charge < -0.3 is 9.84 Å². The highest BCUT2D eigenvalue weighted by Gasteiger charge is 2.29.